The Bertz CT molecular complexity index is 368. The van der Waals surface area contributed by atoms with Crippen molar-refractivity contribution in [3.05, 3.63) is 29.6 Å². The zero-order valence-electron chi connectivity index (χ0n) is 8.71. The summed E-state index contributed by atoms with van der Waals surface area (Å²) in [6.07, 6.45) is 4.73. The molecule has 0 aliphatic heterocycles. The second kappa shape index (κ2) is 3.19. The average Bonchev–Trinajstić information content (AvgIpc) is 2.27. The Hall–Kier alpha value is -1.18. The topological polar surface area (TPSA) is 30.0 Å². The number of fused-ring (bicyclic) bond motifs is 1. The molecule has 0 fully saturated rings. The summed E-state index contributed by atoms with van der Waals surface area (Å²) in [5.41, 5.74) is 1.57. The number of aryl methyl sites for hydroxylation is 1. The van der Waals surface area contributed by atoms with E-state index in [-0.39, 0.29) is 11.2 Å². The van der Waals surface area contributed by atoms with Gasteiger partial charge in [-0.2, -0.15) is 0 Å². The maximum Gasteiger partial charge on any atom is 0.187 e. The number of Topliss-reactive ketones (excluding diaryl/α,β-unsaturated/α-hetero) is 1. The molecule has 0 unspecified atom stereocenters. The van der Waals surface area contributed by atoms with Crippen LogP contribution in [0.1, 0.15) is 42.7 Å². The van der Waals surface area contributed by atoms with Gasteiger partial charge in [0, 0.05) is 11.6 Å². The predicted molar refractivity (Wildman–Crippen MR) is 55.3 cm³/mol. The fraction of sp³-hybridized carbons (Fsp3) is 0.500. The summed E-state index contributed by atoms with van der Waals surface area (Å²) >= 11 is 0. The minimum absolute atomic E-state index is 0.200. The molecule has 1 aromatic rings. The molecule has 2 nitrogen and oxygen atoms in total. The largest absolute Gasteiger partial charge is 0.292 e. The number of aromatic nitrogens is 1. The predicted octanol–water partition coefficient (Wildman–Crippen LogP) is 2.63. The monoisotopic (exact) mass is 189 g/mol. The quantitative estimate of drug-likeness (QED) is 0.587. The lowest BCUT2D eigenvalue weighted by molar-refractivity contribution is 0.0825. The molecule has 0 saturated carbocycles. The van der Waals surface area contributed by atoms with Crippen molar-refractivity contribution in [1.29, 1.82) is 0 Å². The van der Waals surface area contributed by atoms with E-state index in [0.29, 0.717) is 5.69 Å². The van der Waals surface area contributed by atoms with Crippen LogP contribution in [0.25, 0.3) is 0 Å². The standard InChI is InChI=1S/C12H15NO/c1-12(2)7-3-5-9-6-4-8-13-10(9)11(12)14/h4,6,8H,3,5,7H2,1-2H3. The molecule has 2 heteroatoms. The number of nitrogens with zero attached hydrogens (tertiary/aromatic N) is 1. The summed E-state index contributed by atoms with van der Waals surface area (Å²) in [5.74, 6) is 0.200. The number of pyridine rings is 1. The SMILES string of the molecule is CC1(C)CCCc2cccnc2C1=O. The van der Waals surface area contributed by atoms with Gasteiger partial charge in [-0.1, -0.05) is 19.9 Å². The number of hydrogen-bond acceptors (Lipinski definition) is 2. The van der Waals surface area contributed by atoms with Gasteiger partial charge in [-0.15, -0.1) is 0 Å². The molecule has 2 rings (SSSR count). The van der Waals surface area contributed by atoms with E-state index in [1.54, 1.807) is 6.20 Å². The summed E-state index contributed by atoms with van der Waals surface area (Å²) in [7, 11) is 0. The van der Waals surface area contributed by atoms with Gasteiger partial charge in [0.2, 0.25) is 0 Å². The molecule has 1 aromatic heterocycles. The van der Waals surface area contributed by atoms with Gasteiger partial charge in [0.25, 0.3) is 0 Å². The second-order valence-corrected chi connectivity index (χ2v) is 4.58. The Morgan fingerprint density at radius 3 is 3.00 bits per heavy atom. The van der Waals surface area contributed by atoms with Crippen LogP contribution in [0.3, 0.4) is 0 Å². The Labute approximate surface area is 84.4 Å². The van der Waals surface area contributed by atoms with E-state index in [2.05, 4.69) is 4.98 Å². The molecule has 1 aliphatic carbocycles. The molecular weight excluding hydrogens is 174 g/mol. The fourth-order valence-electron chi connectivity index (χ4n) is 2.00. The van der Waals surface area contributed by atoms with Crippen molar-refractivity contribution in [2.24, 2.45) is 5.41 Å². The first kappa shape index (κ1) is 9.38. The highest BCUT2D eigenvalue weighted by Gasteiger charge is 2.32. The van der Waals surface area contributed by atoms with E-state index in [0.717, 1.165) is 24.8 Å². The zero-order chi connectivity index (χ0) is 10.2. The highest BCUT2D eigenvalue weighted by atomic mass is 16.1. The Morgan fingerprint density at radius 2 is 2.21 bits per heavy atom. The summed E-state index contributed by atoms with van der Waals surface area (Å²) in [4.78, 5) is 16.3. The van der Waals surface area contributed by atoms with Gasteiger partial charge < -0.3 is 0 Å². The average molecular weight is 189 g/mol. The van der Waals surface area contributed by atoms with Crippen LogP contribution >= 0.6 is 0 Å². The lowest BCUT2D eigenvalue weighted by Crippen LogP contribution is -2.24. The second-order valence-electron chi connectivity index (χ2n) is 4.58. The zero-order valence-corrected chi connectivity index (χ0v) is 8.71. The van der Waals surface area contributed by atoms with Crippen LogP contribution in [0.5, 0.6) is 0 Å². The van der Waals surface area contributed by atoms with Crippen molar-refractivity contribution in [2.45, 2.75) is 33.1 Å². The first-order chi connectivity index (χ1) is 6.61. The minimum Gasteiger partial charge on any atom is -0.292 e. The highest BCUT2D eigenvalue weighted by molar-refractivity contribution is 5.99. The summed E-state index contributed by atoms with van der Waals surface area (Å²) in [6.45, 7) is 4.03. The Morgan fingerprint density at radius 1 is 1.43 bits per heavy atom. The number of rotatable bonds is 0. The first-order valence-electron chi connectivity index (χ1n) is 5.10. The molecule has 74 valence electrons. The molecule has 0 N–H and O–H groups in total. The Balaban J connectivity index is 2.51. The van der Waals surface area contributed by atoms with Gasteiger partial charge in [0.1, 0.15) is 5.69 Å². The van der Waals surface area contributed by atoms with Crippen molar-refractivity contribution in [3.8, 4) is 0 Å². The molecule has 0 amide bonds. The van der Waals surface area contributed by atoms with Crippen LogP contribution in [-0.2, 0) is 6.42 Å². The highest BCUT2D eigenvalue weighted by Crippen LogP contribution is 2.32. The third-order valence-electron chi connectivity index (χ3n) is 2.97. The normalized spacial score (nSPS) is 20.0. The van der Waals surface area contributed by atoms with Crippen LogP contribution in [0, 0.1) is 5.41 Å². The molecular formula is C12H15NO. The van der Waals surface area contributed by atoms with Crippen molar-refractivity contribution in [1.82, 2.24) is 4.98 Å². The van der Waals surface area contributed by atoms with Crippen molar-refractivity contribution in [2.75, 3.05) is 0 Å². The molecule has 1 heterocycles. The van der Waals surface area contributed by atoms with Crippen molar-refractivity contribution < 1.29 is 4.79 Å². The van der Waals surface area contributed by atoms with Gasteiger partial charge >= 0.3 is 0 Å². The number of ketones is 1. The third-order valence-corrected chi connectivity index (χ3v) is 2.97. The number of hydrogen-bond donors (Lipinski definition) is 0. The molecule has 1 aliphatic rings. The maximum atomic E-state index is 12.1. The van der Waals surface area contributed by atoms with Crippen LogP contribution in [-0.4, -0.2) is 10.8 Å². The number of carbonyl (C=O) groups is 1. The third kappa shape index (κ3) is 1.45. The molecule has 14 heavy (non-hydrogen) atoms. The van der Waals surface area contributed by atoms with Crippen molar-refractivity contribution in [3.63, 3.8) is 0 Å². The smallest absolute Gasteiger partial charge is 0.187 e. The van der Waals surface area contributed by atoms with E-state index < -0.39 is 0 Å². The minimum atomic E-state index is -0.237. The summed E-state index contributed by atoms with van der Waals surface area (Å²) < 4.78 is 0. The van der Waals surface area contributed by atoms with Crippen LogP contribution in [0.2, 0.25) is 0 Å². The maximum absolute atomic E-state index is 12.1. The van der Waals surface area contributed by atoms with Crippen LogP contribution in [0.4, 0.5) is 0 Å². The van der Waals surface area contributed by atoms with Gasteiger partial charge in [-0.25, -0.2) is 0 Å². The molecule has 0 aromatic carbocycles. The lowest BCUT2D eigenvalue weighted by atomic mass is 9.83. The van der Waals surface area contributed by atoms with Crippen LogP contribution < -0.4 is 0 Å². The fourth-order valence-corrected chi connectivity index (χ4v) is 2.00. The molecule has 0 radical (unpaired) electrons. The van der Waals surface area contributed by atoms with E-state index in [1.807, 2.05) is 26.0 Å². The van der Waals surface area contributed by atoms with Gasteiger partial charge in [-0.3, -0.25) is 9.78 Å². The van der Waals surface area contributed by atoms with Gasteiger partial charge in [0.05, 0.1) is 0 Å². The molecule has 0 spiro atoms. The summed E-state index contributed by atoms with van der Waals surface area (Å²) in [6, 6.07) is 3.92. The molecule has 0 saturated heterocycles. The first-order valence-corrected chi connectivity index (χ1v) is 5.10. The molecule has 0 atom stereocenters. The van der Waals surface area contributed by atoms with E-state index in [9.17, 15) is 4.79 Å². The van der Waals surface area contributed by atoms with E-state index >= 15 is 0 Å². The molecule has 0 bridgehead atoms. The van der Waals surface area contributed by atoms with Gasteiger partial charge in [0.15, 0.2) is 5.78 Å². The van der Waals surface area contributed by atoms with Gasteiger partial charge in [-0.05, 0) is 30.9 Å². The lowest BCUT2D eigenvalue weighted by Gasteiger charge is -2.19. The van der Waals surface area contributed by atoms with E-state index in [1.165, 1.54) is 0 Å². The summed E-state index contributed by atoms with van der Waals surface area (Å²) in [5, 5.41) is 0. The van der Waals surface area contributed by atoms with Crippen molar-refractivity contribution >= 4 is 5.78 Å². The Kier molecular flexibility index (Phi) is 2.14. The number of carbonyl (C=O) groups excluding carboxylic acids is 1. The van der Waals surface area contributed by atoms with E-state index in [4.69, 9.17) is 0 Å². The van der Waals surface area contributed by atoms with Crippen LogP contribution in [0.15, 0.2) is 18.3 Å².